The average molecular weight is 223 g/mol. The molecule has 2 aromatic rings. The molecule has 1 aromatic carbocycles. The number of benzene rings is 1. The molecule has 3 heteroatoms. The lowest BCUT2D eigenvalue weighted by Gasteiger charge is -2.00. The molecule has 0 amide bonds. The zero-order chi connectivity index (χ0) is 8.39. The summed E-state index contributed by atoms with van der Waals surface area (Å²) >= 11 is 3.40. The maximum absolute atomic E-state index is 4.16. The quantitative estimate of drug-likeness (QED) is 0.726. The van der Waals surface area contributed by atoms with Crippen molar-refractivity contribution in [3.05, 3.63) is 47.2 Å². The van der Waals surface area contributed by atoms with E-state index in [1.165, 1.54) is 0 Å². The van der Waals surface area contributed by atoms with E-state index in [4.69, 9.17) is 0 Å². The minimum absolute atomic E-state index is 0.966. The van der Waals surface area contributed by atoms with Crippen LogP contribution in [0.5, 0.6) is 0 Å². The van der Waals surface area contributed by atoms with Gasteiger partial charge in [-0.05, 0) is 34.1 Å². The fraction of sp³-hybridized carbons (Fsp3) is 0. The first-order valence-electron chi connectivity index (χ1n) is 3.63. The summed E-state index contributed by atoms with van der Waals surface area (Å²) in [5, 5.41) is 4.16. The molecule has 0 saturated heterocycles. The summed E-state index contributed by atoms with van der Waals surface area (Å²) in [5.74, 6) is 0. The van der Waals surface area contributed by atoms with E-state index in [1.807, 2.05) is 41.1 Å². The van der Waals surface area contributed by atoms with Gasteiger partial charge in [-0.3, -0.25) is 0 Å². The van der Waals surface area contributed by atoms with Crippen LogP contribution in [0.1, 0.15) is 0 Å². The summed E-state index contributed by atoms with van der Waals surface area (Å²) in [6, 6.07) is 11.9. The maximum atomic E-state index is 4.16. The fourth-order valence-corrected chi connectivity index (χ4v) is 1.46. The van der Waals surface area contributed by atoms with Gasteiger partial charge in [0.25, 0.3) is 0 Å². The molecule has 1 aromatic heterocycles. The van der Waals surface area contributed by atoms with Crippen LogP contribution in [0.15, 0.2) is 47.2 Å². The molecule has 1 heterocycles. The molecular weight excluding hydrogens is 216 g/mol. The minimum atomic E-state index is 0.966. The van der Waals surface area contributed by atoms with Crippen LogP contribution in [-0.4, -0.2) is 9.78 Å². The number of para-hydroxylation sites is 1. The Balaban J connectivity index is 2.51. The molecule has 0 aliphatic heterocycles. The number of aromatic nitrogens is 2. The smallest absolute Gasteiger partial charge is 0.109 e. The summed E-state index contributed by atoms with van der Waals surface area (Å²) in [7, 11) is 0. The Kier molecular flexibility index (Phi) is 1.96. The second-order valence-electron chi connectivity index (χ2n) is 2.40. The molecule has 0 N–H and O–H groups in total. The Labute approximate surface area is 79.0 Å². The molecule has 0 radical (unpaired) electrons. The number of halogens is 1. The van der Waals surface area contributed by atoms with Crippen molar-refractivity contribution in [1.29, 1.82) is 0 Å². The largest absolute Gasteiger partial charge is 0.227 e. The number of rotatable bonds is 1. The number of hydrogen-bond acceptors (Lipinski definition) is 1. The first kappa shape index (κ1) is 7.55. The third-order valence-corrected chi connectivity index (χ3v) is 2.20. The standard InChI is InChI=1S/C9H7BrN2/c10-9-6-7-11-12(9)8-4-2-1-3-5-8/h1-7H. The molecule has 0 fully saturated rings. The van der Waals surface area contributed by atoms with Crippen molar-refractivity contribution in [2.75, 3.05) is 0 Å². The van der Waals surface area contributed by atoms with E-state index in [0.717, 1.165) is 10.3 Å². The van der Waals surface area contributed by atoms with E-state index < -0.39 is 0 Å². The van der Waals surface area contributed by atoms with Gasteiger partial charge in [-0.1, -0.05) is 18.2 Å². The Bertz CT molecular complexity index is 367. The number of hydrogen-bond donors (Lipinski definition) is 0. The van der Waals surface area contributed by atoms with Gasteiger partial charge in [0.15, 0.2) is 0 Å². The van der Waals surface area contributed by atoms with Gasteiger partial charge in [0.05, 0.1) is 11.9 Å². The predicted octanol–water partition coefficient (Wildman–Crippen LogP) is 2.63. The van der Waals surface area contributed by atoms with Crippen LogP contribution in [0.2, 0.25) is 0 Å². The first-order valence-corrected chi connectivity index (χ1v) is 4.42. The summed E-state index contributed by atoms with van der Waals surface area (Å²) < 4.78 is 2.80. The van der Waals surface area contributed by atoms with Gasteiger partial charge in [-0.25, -0.2) is 4.68 Å². The lowest BCUT2D eigenvalue weighted by molar-refractivity contribution is 0.861. The monoisotopic (exact) mass is 222 g/mol. The second-order valence-corrected chi connectivity index (χ2v) is 3.21. The Morgan fingerprint density at radius 3 is 2.42 bits per heavy atom. The molecule has 0 aliphatic rings. The molecule has 2 rings (SSSR count). The van der Waals surface area contributed by atoms with Crippen LogP contribution < -0.4 is 0 Å². The highest BCUT2D eigenvalue weighted by molar-refractivity contribution is 9.10. The van der Waals surface area contributed by atoms with E-state index in [9.17, 15) is 0 Å². The molecular formula is C9H7BrN2. The summed E-state index contributed by atoms with van der Waals surface area (Å²) in [6.07, 6.45) is 1.76. The Hall–Kier alpha value is -1.09. The van der Waals surface area contributed by atoms with Gasteiger partial charge in [-0.15, -0.1) is 0 Å². The zero-order valence-corrected chi connectivity index (χ0v) is 7.90. The van der Waals surface area contributed by atoms with Crippen molar-refractivity contribution in [1.82, 2.24) is 9.78 Å². The van der Waals surface area contributed by atoms with Crippen molar-refractivity contribution in [2.45, 2.75) is 0 Å². The van der Waals surface area contributed by atoms with Crippen LogP contribution in [0.3, 0.4) is 0 Å². The highest BCUT2D eigenvalue weighted by atomic mass is 79.9. The molecule has 12 heavy (non-hydrogen) atoms. The third-order valence-electron chi connectivity index (χ3n) is 1.60. The molecule has 0 unspecified atom stereocenters. The summed E-state index contributed by atoms with van der Waals surface area (Å²) in [6.45, 7) is 0. The highest BCUT2D eigenvalue weighted by Gasteiger charge is 1.98. The van der Waals surface area contributed by atoms with Gasteiger partial charge in [-0.2, -0.15) is 5.10 Å². The summed E-state index contributed by atoms with van der Waals surface area (Å²) in [5.41, 5.74) is 1.06. The third kappa shape index (κ3) is 1.28. The van der Waals surface area contributed by atoms with Crippen molar-refractivity contribution in [3.8, 4) is 5.69 Å². The Morgan fingerprint density at radius 1 is 1.08 bits per heavy atom. The molecule has 0 atom stereocenters. The fourth-order valence-electron chi connectivity index (χ4n) is 1.05. The van der Waals surface area contributed by atoms with Gasteiger partial charge < -0.3 is 0 Å². The molecule has 60 valence electrons. The molecule has 0 spiro atoms. The van der Waals surface area contributed by atoms with E-state index in [1.54, 1.807) is 6.20 Å². The van der Waals surface area contributed by atoms with Crippen LogP contribution in [0.4, 0.5) is 0 Å². The van der Waals surface area contributed by atoms with Gasteiger partial charge in [0.1, 0.15) is 4.60 Å². The van der Waals surface area contributed by atoms with Gasteiger partial charge in [0, 0.05) is 0 Å². The normalized spacial score (nSPS) is 10.1. The molecule has 0 bridgehead atoms. The number of nitrogens with zero attached hydrogens (tertiary/aromatic N) is 2. The van der Waals surface area contributed by atoms with Crippen molar-refractivity contribution < 1.29 is 0 Å². The van der Waals surface area contributed by atoms with Crippen molar-refractivity contribution >= 4 is 15.9 Å². The maximum Gasteiger partial charge on any atom is 0.109 e. The molecule has 2 nitrogen and oxygen atoms in total. The van der Waals surface area contributed by atoms with E-state index >= 15 is 0 Å². The van der Waals surface area contributed by atoms with Crippen LogP contribution in [-0.2, 0) is 0 Å². The topological polar surface area (TPSA) is 17.8 Å². The average Bonchev–Trinajstić information content (AvgIpc) is 2.53. The van der Waals surface area contributed by atoms with E-state index in [2.05, 4.69) is 21.0 Å². The SMILES string of the molecule is Brc1ccnn1-c1ccccc1. The second kappa shape index (κ2) is 3.11. The van der Waals surface area contributed by atoms with Crippen molar-refractivity contribution in [2.24, 2.45) is 0 Å². The van der Waals surface area contributed by atoms with Crippen LogP contribution >= 0.6 is 15.9 Å². The van der Waals surface area contributed by atoms with E-state index in [0.29, 0.717) is 0 Å². The lowest BCUT2D eigenvalue weighted by Crippen LogP contribution is -1.94. The molecule has 0 saturated carbocycles. The lowest BCUT2D eigenvalue weighted by atomic mass is 10.3. The first-order chi connectivity index (χ1) is 5.88. The predicted molar refractivity (Wildman–Crippen MR) is 51.3 cm³/mol. The van der Waals surface area contributed by atoms with Crippen LogP contribution in [0.25, 0.3) is 5.69 Å². The van der Waals surface area contributed by atoms with Crippen LogP contribution in [0, 0.1) is 0 Å². The Morgan fingerprint density at radius 2 is 1.83 bits per heavy atom. The zero-order valence-electron chi connectivity index (χ0n) is 6.31. The van der Waals surface area contributed by atoms with E-state index in [-0.39, 0.29) is 0 Å². The highest BCUT2D eigenvalue weighted by Crippen LogP contribution is 2.14. The summed E-state index contributed by atoms with van der Waals surface area (Å²) in [4.78, 5) is 0. The molecule has 0 aliphatic carbocycles. The minimum Gasteiger partial charge on any atom is -0.227 e. The van der Waals surface area contributed by atoms with Gasteiger partial charge >= 0.3 is 0 Å². The van der Waals surface area contributed by atoms with Crippen molar-refractivity contribution in [3.63, 3.8) is 0 Å². The van der Waals surface area contributed by atoms with Gasteiger partial charge in [0.2, 0.25) is 0 Å².